The molecule has 2 heterocycles. The van der Waals surface area contributed by atoms with Crippen LogP contribution in [0.1, 0.15) is 26.3 Å². The molecule has 0 aliphatic heterocycles. The quantitative estimate of drug-likeness (QED) is 0.772. The predicted molar refractivity (Wildman–Crippen MR) is 95.3 cm³/mol. The Kier molecular flexibility index (Phi) is 3.76. The molecule has 0 saturated heterocycles. The molecule has 0 bridgehead atoms. The van der Waals surface area contributed by atoms with Gasteiger partial charge in [-0.15, -0.1) is 0 Å². The molecule has 4 nitrogen and oxygen atoms in total. The first-order valence-electron chi connectivity index (χ1n) is 7.79. The Balaban J connectivity index is 2.18. The van der Waals surface area contributed by atoms with Crippen molar-refractivity contribution in [1.82, 2.24) is 9.38 Å². The van der Waals surface area contributed by atoms with E-state index in [1.807, 2.05) is 24.3 Å². The van der Waals surface area contributed by atoms with Crippen molar-refractivity contribution < 1.29 is 4.74 Å². The van der Waals surface area contributed by atoms with Gasteiger partial charge in [-0.05, 0) is 69.7 Å². The molecule has 120 valence electrons. The Morgan fingerprint density at radius 3 is 2.39 bits per heavy atom. The van der Waals surface area contributed by atoms with E-state index in [2.05, 4.69) is 55.7 Å². The predicted octanol–water partition coefficient (Wildman–Crippen LogP) is 4.53. The smallest absolute Gasteiger partial charge is 0.139 e. The van der Waals surface area contributed by atoms with Crippen LogP contribution in [-0.4, -0.2) is 22.0 Å². The fourth-order valence-electron chi connectivity index (χ4n) is 2.57. The number of nitrogens with zero attached hydrogens (tertiary/aromatic N) is 2. The van der Waals surface area contributed by atoms with Gasteiger partial charge in [-0.2, -0.15) is 0 Å². The molecule has 0 atom stereocenters. The van der Waals surface area contributed by atoms with Crippen LogP contribution in [0, 0.1) is 6.92 Å². The Labute approximate surface area is 137 Å². The number of fused-ring (bicyclic) bond motifs is 1. The minimum atomic E-state index is -0.0535. The summed E-state index contributed by atoms with van der Waals surface area (Å²) in [7, 11) is 1.68. The molecule has 0 aliphatic rings. The number of aromatic nitrogens is 2. The molecule has 1 aromatic carbocycles. The highest BCUT2D eigenvalue weighted by Gasteiger charge is 2.19. The number of nitrogens with one attached hydrogen (secondary N) is 1. The Hall–Kier alpha value is -2.49. The zero-order chi connectivity index (χ0) is 16.6. The molecule has 4 heteroatoms. The molecule has 1 N–H and O–H groups in total. The van der Waals surface area contributed by atoms with Crippen LogP contribution < -0.4 is 10.1 Å². The molecule has 2 aromatic heterocycles. The monoisotopic (exact) mass is 309 g/mol. The van der Waals surface area contributed by atoms with Gasteiger partial charge in [0.15, 0.2) is 0 Å². The van der Waals surface area contributed by atoms with Crippen LogP contribution in [0.2, 0.25) is 0 Å². The summed E-state index contributed by atoms with van der Waals surface area (Å²) in [6.45, 7) is 8.54. The number of imidazole rings is 1. The molecule has 0 fully saturated rings. The number of ether oxygens (including phenoxy) is 1. The first-order valence-corrected chi connectivity index (χ1v) is 7.79. The lowest BCUT2D eigenvalue weighted by molar-refractivity contribution is 0.415. The lowest BCUT2D eigenvalue weighted by Crippen LogP contribution is -2.27. The largest absolute Gasteiger partial charge is 0.497 e. The van der Waals surface area contributed by atoms with Crippen molar-refractivity contribution in [3.63, 3.8) is 0 Å². The van der Waals surface area contributed by atoms with Gasteiger partial charge in [-0.1, -0.05) is 0 Å². The van der Waals surface area contributed by atoms with Gasteiger partial charge in [0.05, 0.1) is 7.11 Å². The van der Waals surface area contributed by atoms with E-state index in [1.165, 1.54) is 5.56 Å². The Bertz CT molecular complexity index is 826. The van der Waals surface area contributed by atoms with E-state index in [0.29, 0.717) is 0 Å². The highest BCUT2D eigenvalue weighted by molar-refractivity contribution is 5.77. The van der Waals surface area contributed by atoms with Gasteiger partial charge in [-0.3, -0.25) is 4.40 Å². The number of hydrogen-bond donors (Lipinski definition) is 1. The molecular formula is C19H23N3O. The van der Waals surface area contributed by atoms with E-state index in [1.54, 1.807) is 7.11 Å². The van der Waals surface area contributed by atoms with E-state index in [4.69, 9.17) is 9.72 Å². The van der Waals surface area contributed by atoms with E-state index < -0.39 is 0 Å². The van der Waals surface area contributed by atoms with E-state index in [-0.39, 0.29) is 5.54 Å². The van der Waals surface area contributed by atoms with Crippen LogP contribution in [0.5, 0.6) is 5.75 Å². The van der Waals surface area contributed by atoms with Crippen LogP contribution in [-0.2, 0) is 0 Å². The summed E-state index contributed by atoms with van der Waals surface area (Å²) in [5.74, 6) is 1.86. The number of methoxy groups -OCH3 is 1. The zero-order valence-electron chi connectivity index (χ0n) is 14.3. The number of rotatable bonds is 3. The van der Waals surface area contributed by atoms with Crippen LogP contribution in [0.15, 0.2) is 42.6 Å². The second kappa shape index (κ2) is 5.61. The molecular weight excluding hydrogens is 286 g/mol. The van der Waals surface area contributed by atoms with E-state index in [9.17, 15) is 0 Å². The molecule has 0 radical (unpaired) electrons. The molecule has 0 spiro atoms. The fraction of sp³-hybridized carbons (Fsp3) is 0.316. The van der Waals surface area contributed by atoms with Crippen molar-refractivity contribution in [2.75, 3.05) is 12.4 Å². The van der Waals surface area contributed by atoms with Crippen molar-refractivity contribution in [3.05, 3.63) is 48.2 Å². The van der Waals surface area contributed by atoms with Crippen molar-refractivity contribution in [3.8, 4) is 17.0 Å². The normalized spacial score (nSPS) is 11.7. The van der Waals surface area contributed by atoms with Gasteiger partial charge < -0.3 is 10.1 Å². The van der Waals surface area contributed by atoms with Gasteiger partial charge in [0.2, 0.25) is 0 Å². The molecule has 0 saturated carbocycles. The number of benzene rings is 1. The van der Waals surface area contributed by atoms with Crippen LogP contribution in [0.4, 0.5) is 5.82 Å². The van der Waals surface area contributed by atoms with Gasteiger partial charge in [0, 0.05) is 17.3 Å². The number of hydrogen-bond acceptors (Lipinski definition) is 3. The maximum Gasteiger partial charge on any atom is 0.139 e. The highest BCUT2D eigenvalue weighted by atomic mass is 16.5. The summed E-state index contributed by atoms with van der Waals surface area (Å²) >= 11 is 0. The summed E-state index contributed by atoms with van der Waals surface area (Å²) in [4.78, 5) is 4.84. The minimum absolute atomic E-state index is 0.0535. The SMILES string of the molecule is COc1ccc(-c2nc3cc(C)ccn3c2NC(C)(C)C)cc1. The van der Waals surface area contributed by atoms with Gasteiger partial charge >= 0.3 is 0 Å². The summed E-state index contributed by atoms with van der Waals surface area (Å²) in [5, 5.41) is 3.59. The third-order valence-electron chi connectivity index (χ3n) is 3.64. The summed E-state index contributed by atoms with van der Waals surface area (Å²) < 4.78 is 7.36. The lowest BCUT2D eigenvalue weighted by atomic mass is 10.1. The average Bonchev–Trinajstić information content (AvgIpc) is 2.83. The molecule has 0 aliphatic carbocycles. The maximum absolute atomic E-state index is 5.25. The molecule has 0 unspecified atom stereocenters. The minimum Gasteiger partial charge on any atom is -0.497 e. The lowest BCUT2D eigenvalue weighted by Gasteiger charge is -2.22. The summed E-state index contributed by atoms with van der Waals surface area (Å²) in [6, 6.07) is 12.2. The molecule has 3 aromatic rings. The highest BCUT2D eigenvalue weighted by Crippen LogP contribution is 2.32. The topological polar surface area (TPSA) is 38.6 Å². The van der Waals surface area contributed by atoms with Gasteiger partial charge in [0.25, 0.3) is 0 Å². The number of anilines is 1. The van der Waals surface area contributed by atoms with Crippen molar-refractivity contribution in [1.29, 1.82) is 0 Å². The number of aryl methyl sites for hydroxylation is 1. The van der Waals surface area contributed by atoms with E-state index >= 15 is 0 Å². The van der Waals surface area contributed by atoms with E-state index in [0.717, 1.165) is 28.5 Å². The van der Waals surface area contributed by atoms with Crippen molar-refractivity contribution in [2.45, 2.75) is 33.2 Å². The Morgan fingerprint density at radius 2 is 1.78 bits per heavy atom. The zero-order valence-corrected chi connectivity index (χ0v) is 14.3. The standard InChI is InChI=1S/C19H23N3O/c1-13-10-11-22-16(12-13)20-17(18(22)21-19(2,3)4)14-6-8-15(23-5)9-7-14/h6-12,21H,1-5H3. The van der Waals surface area contributed by atoms with Crippen LogP contribution in [0.25, 0.3) is 16.9 Å². The average molecular weight is 309 g/mol. The maximum atomic E-state index is 5.25. The summed E-state index contributed by atoms with van der Waals surface area (Å²) in [6.07, 6.45) is 2.07. The first kappa shape index (κ1) is 15.4. The summed E-state index contributed by atoms with van der Waals surface area (Å²) in [5.41, 5.74) is 4.11. The second-order valence-electron chi connectivity index (χ2n) is 6.84. The van der Waals surface area contributed by atoms with Crippen LogP contribution in [0.3, 0.4) is 0 Å². The van der Waals surface area contributed by atoms with Gasteiger partial charge in [-0.25, -0.2) is 4.98 Å². The molecule has 0 amide bonds. The van der Waals surface area contributed by atoms with Crippen LogP contribution >= 0.6 is 0 Å². The van der Waals surface area contributed by atoms with Crippen molar-refractivity contribution >= 4 is 11.5 Å². The van der Waals surface area contributed by atoms with Crippen molar-refractivity contribution in [2.24, 2.45) is 0 Å². The molecule has 3 rings (SSSR count). The Morgan fingerprint density at radius 1 is 1.09 bits per heavy atom. The molecule has 23 heavy (non-hydrogen) atoms. The fourth-order valence-corrected chi connectivity index (χ4v) is 2.57. The third-order valence-corrected chi connectivity index (χ3v) is 3.64. The first-order chi connectivity index (χ1) is 10.9. The third kappa shape index (κ3) is 3.16. The second-order valence-corrected chi connectivity index (χ2v) is 6.84. The number of pyridine rings is 1. The van der Waals surface area contributed by atoms with Gasteiger partial charge in [0.1, 0.15) is 22.9 Å².